The summed E-state index contributed by atoms with van der Waals surface area (Å²) >= 11 is 5.91. The lowest BCUT2D eigenvalue weighted by Crippen LogP contribution is -2.35. The van der Waals surface area contributed by atoms with Crippen LogP contribution in [-0.4, -0.2) is 12.5 Å². The van der Waals surface area contributed by atoms with Crippen molar-refractivity contribution in [2.45, 2.75) is 6.92 Å². The Balaban J connectivity index is 2.13. The highest BCUT2D eigenvalue weighted by Gasteiger charge is 2.24. The molecule has 1 aliphatic heterocycles. The third-order valence-electron chi connectivity index (χ3n) is 3.22. The Hall–Kier alpha value is -2.00. The second kappa shape index (κ2) is 4.59. The van der Waals surface area contributed by atoms with E-state index in [0.29, 0.717) is 11.6 Å². The molecule has 1 aliphatic rings. The molecule has 0 aromatic heterocycles. The molecule has 3 rings (SSSR count). The molecule has 2 aromatic rings. The summed E-state index contributed by atoms with van der Waals surface area (Å²) in [6.45, 7) is 2.36. The van der Waals surface area contributed by atoms with Gasteiger partial charge in [0.15, 0.2) is 0 Å². The summed E-state index contributed by atoms with van der Waals surface area (Å²) in [5, 5.41) is 3.60. The molecule has 0 unspecified atom stereocenters. The Morgan fingerprint density at radius 2 is 1.89 bits per heavy atom. The van der Waals surface area contributed by atoms with Crippen LogP contribution in [0.2, 0.25) is 5.02 Å². The largest absolute Gasteiger partial charge is 0.330 e. The topological polar surface area (TPSA) is 32.3 Å². The van der Waals surface area contributed by atoms with E-state index in [0.717, 1.165) is 22.6 Å². The Morgan fingerprint density at radius 3 is 2.63 bits per heavy atom. The van der Waals surface area contributed by atoms with Crippen LogP contribution in [0.3, 0.4) is 0 Å². The number of aryl methyl sites for hydroxylation is 1. The normalized spacial score (nSPS) is 14.0. The van der Waals surface area contributed by atoms with Gasteiger partial charge in [-0.3, -0.25) is 4.79 Å². The summed E-state index contributed by atoms with van der Waals surface area (Å²) in [6.07, 6.45) is 0. The van der Waals surface area contributed by atoms with Gasteiger partial charge in [0.05, 0.1) is 11.4 Å². The number of carbonyl (C=O) groups is 1. The Morgan fingerprint density at radius 1 is 1.16 bits per heavy atom. The number of rotatable bonds is 1. The molecule has 0 fully saturated rings. The first-order valence-corrected chi connectivity index (χ1v) is 6.45. The van der Waals surface area contributed by atoms with Crippen molar-refractivity contribution in [1.82, 2.24) is 0 Å². The maximum absolute atomic E-state index is 11.8. The van der Waals surface area contributed by atoms with E-state index in [4.69, 9.17) is 11.6 Å². The first-order valence-electron chi connectivity index (χ1n) is 6.08. The number of para-hydroxylation sites is 1. The average Bonchev–Trinajstić information content (AvgIpc) is 2.38. The van der Waals surface area contributed by atoms with Gasteiger partial charge in [0.1, 0.15) is 6.54 Å². The van der Waals surface area contributed by atoms with Gasteiger partial charge in [0, 0.05) is 10.7 Å². The number of nitrogens with one attached hydrogen (secondary N) is 1. The van der Waals surface area contributed by atoms with Crippen LogP contribution in [0.15, 0.2) is 42.5 Å². The van der Waals surface area contributed by atoms with E-state index >= 15 is 0 Å². The quantitative estimate of drug-likeness (QED) is 0.858. The molecule has 96 valence electrons. The minimum Gasteiger partial charge on any atom is -0.330 e. The average molecular weight is 273 g/mol. The molecule has 0 saturated heterocycles. The first kappa shape index (κ1) is 12.1. The van der Waals surface area contributed by atoms with Crippen molar-refractivity contribution in [1.29, 1.82) is 0 Å². The van der Waals surface area contributed by atoms with Crippen molar-refractivity contribution in [3.63, 3.8) is 0 Å². The van der Waals surface area contributed by atoms with Crippen LogP contribution in [0.1, 0.15) is 5.56 Å². The summed E-state index contributed by atoms with van der Waals surface area (Å²) in [5.74, 6) is -0.00644. The molecular weight excluding hydrogens is 260 g/mol. The van der Waals surface area contributed by atoms with E-state index in [1.54, 1.807) is 0 Å². The van der Waals surface area contributed by atoms with E-state index in [-0.39, 0.29) is 5.91 Å². The molecular formula is C15H13ClN2O. The number of carbonyl (C=O) groups excluding carboxylic acids is 1. The minimum atomic E-state index is -0.00644. The highest BCUT2D eigenvalue weighted by molar-refractivity contribution is 6.30. The van der Waals surface area contributed by atoms with Gasteiger partial charge in [-0.1, -0.05) is 23.7 Å². The van der Waals surface area contributed by atoms with Gasteiger partial charge < -0.3 is 10.2 Å². The standard InChI is InChI=1S/C15H13ClN2O/c1-10-3-2-4-13-15(10)18(9-14(19)17-13)12-7-5-11(16)6-8-12/h2-8H,9H2,1H3,(H,17,19). The van der Waals surface area contributed by atoms with E-state index in [9.17, 15) is 4.79 Å². The van der Waals surface area contributed by atoms with E-state index in [1.165, 1.54) is 0 Å². The fourth-order valence-electron chi connectivity index (χ4n) is 2.37. The molecule has 0 spiro atoms. The SMILES string of the molecule is Cc1cccc2c1N(c1ccc(Cl)cc1)CC(=O)N2. The summed E-state index contributed by atoms with van der Waals surface area (Å²) in [4.78, 5) is 13.8. The number of hydrogen-bond acceptors (Lipinski definition) is 2. The Labute approximate surface area is 116 Å². The zero-order valence-corrected chi connectivity index (χ0v) is 11.2. The number of anilines is 3. The Bertz CT molecular complexity index is 637. The second-order valence-corrected chi connectivity index (χ2v) is 5.02. The number of amides is 1. The van der Waals surface area contributed by atoms with Crippen molar-refractivity contribution in [3.05, 3.63) is 53.1 Å². The number of hydrogen-bond donors (Lipinski definition) is 1. The zero-order chi connectivity index (χ0) is 13.4. The van der Waals surface area contributed by atoms with Crippen LogP contribution < -0.4 is 10.2 Å². The summed E-state index contributed by atoms with van der Waals surface area (Å²) in [6, 6.07) is 13.4. The minimum absolute atomic E-state index is 0.00644. The highest BCUT2D eigenvalue weighted by atomic mass is 35.5. The molecule has 0 bridgehead atoms. The van der Waals surface area contributed by atoms with Crippen LogP contribution in [0.4, 0.5) is 17.1 Å². The lowest BCUT2D eigenvalue weighted by molar-refractivity contribution is -0.115. The molecule has 2 aromatic carbocycles. The van der Waals surface area contributed by atoms with E-state index in [1.807, 2.05) is 54.3 Å². The van der Waals surface area contributed by atoms with Gasteiger partial charge in [-0.25, -0.2) is 0 Å². The molecule has 3 nitrogen and oxygen atoms in total. The molecule has 1 N–H and O–H groups in total. The number of nitrogens with zero attached hydrogens (tertiary/aromatic N) is 1. The molecule has 0 aliphatic carbocycles. The highest BCUT2D eigenvalue weighted by Crippen LogP contribution is 2.37. The summed E-state index contributed by atoms with van der Waals surface area (Å²) in [7, 11) is 0. The monoisotopic (exact) mass is 272 g/mol. The first-order chi connectivity index (χ1) is 9.15. The number of benzene rings is 2. The third kappa shape index (κ3) is 2.17. The van der Waals surface area contributed by atoms with Crippen LogP contribution in [0, 0.1) is 6.92 Å². The third-order valence-corrected chi connectivity index (χ3v) is 3.47. The van der Waals surface area contributed by atoms with Gasteiger partial charge in [-0.05, 0) is 42.8 Å². The van der Waals surface area contributed by atoms with Crippen LogP contribution in [-0.2, 0) is 4.79 Å². The predicted molar refractivity (Wildman–Crippen MR) is 78.3 cm³/mol. The van der Waals surface area contributed by atoms with Crippen LogP contribution in [0.5, 0.6) is 0 Å². The summed E-state index contributed by atoms with van der Waals surface area (Å²) in [5.41, 5.74) is 4.00. The molecule has 19 heavy (non-hydrogen) atoms. The van der Waals surface area contributed by atoms with Crippen LogP contribution >= 0.6 is 11.6 Å². The van der Waals surface area contributed by atoms with Crippen molar-refractivity contribution in [3.8, 4) is 0 Å². The maximum atomic E-state index is 11.8. The van der Waals surface area contributed by atoms with Crippen molar-refractivity contribution in [2.75, 3.05) is 16.8 Å². The molecule has 0 atom stereocenters. The molecule has 1 amide bonds. The van der Waals surface area contributed by atoms with Gasteiger partial charge in [0.25, 0.3) is 0 Å². The van der Waals surface area contributed by atoms with Crippen LogP contribution in [0.25, 0.3) is 0 Å². The van der Waals surface area contributed by atoms with Gasteiger partial charge >= 0.3 is 0 Å². The van der Waals surface area contributed by atoms with Gasteiger partial charge in [-0.15, -0.1) is 0 Å². The molecule has 4 heteroatoms. The predicted octanol–water partition coefficient (Wildman–Crippen LogP) is 3.74. The van der Waals surface area contributed by atoms with Crippen molar-refractivity contribution >= 4 is 34.6 Å². The molecule has 0 saturated carbocycles. The van der Waals surface area contributed by atoms with Crippen molar-refractivity contribution in [2.24, 2.45) is 0 Å². The summed E-state index contributed by atoms with van der Waals surface area (Å²) < 4.78 is 0. The second-order valence-electron chi connectivity index (χ2n) is 4.58. The van der Waals surface area contributed by atoms with E-state index in [2.05, 4.69) is 5.32 Å². The number of fused-ring (bicyclic) bond motifs is 1. The van der Waals surface area contributed by atoms with E-state index < -0.39 is 0 Å². The number of halogens is 1. The fourth-order valence-corrected chi connectivity index (χ4v) is 2.50. The van der Waals surface area contributed by atoms with Gasteiger partial charge in [0.2, 0.25) is 5.91 Å². The lowest BCUT2D eigenvalue weighted by atomic mass is 10.1. The lowest BCUT2D eigenvalue weighted by Gasteiger charge is -2.32. The maximum Gasteiger partial charge on any atom is 0.244 e. The smallest absolute Gasteiger partial charge is 0.244 e. The van der Waals surface area contributed by atoms with Crippen molar-refractivity contribution < 1.29 is 4.79 Å². The Kier molecular flexibility index (Phi) is 2.91. The fraction of sp³-hybridized carbons (Fsp3) is 0.133. The molecule has 1 heterocycles. The van der Waals surface area contributed by atoms with Gasteiger partial charge in [-0.2, -0.15) is 0 Å². The zero-order valence-electron chi connectivity index (χ0n) is 10.5. The molecule has 0 radical (unpaired) electrons.